The normalized spacial score (nSPS) is 22.4. The highest BCUT2D eigenvalue weighted by molar-refractivity contribution is 6.05. The Hall–Kier alpha value is -2.64. The third kappa shape index (κ3) is 4.37. The van der Waals surface area contributed by atoms with Gasteiger partial charge in [-0.1, -0.05) is 0 Å². The number of hydrogen-bond acceptors (Lipinski definition) is 4. The average molecular weight is 377 g/mol. The molecular weight excluding hydrogens is 353 g/mol. The molecule has 0 aliphatic carbocycles. The molecular formula is C19H24FN3O4. The minimum Gasteiger partial charge on any atom is -0.444 e. The maximum atomic E-state index is 13.0. The van der Waals surface area contributed by atoms with Crippen molar-refractivity contribution in [2.24, 2.45) is 5.92 Å². The van der Waals surface area contributed by atoms with Gasteiger partial charge in [0.15, 0.2) is 0 Å². The van der Waals surface area contributed by atoms with Crippen molar-refractivity contribution < 1.29 is 23.5 Å². The highest BCUT2D eigenvalue weighted by Gasteiger charge is 2.41. The van der Waals surface area contributed by atoms with Gasteiger partial charge in [0, 0.05) is 18.8 Å². The average Bonchev–Trinajstić information content (AvgIpc) is 3.08. The van der Waals surface area contributed by atoms with Crippen molar-refractivity contribution in [2.45, 2.75) is 38.8 Å². The van der Waals surface area contributed by atoms with E-state index in [0.717, 1.165) is 0 Å². The Morgan fingerprint density at radius 1 is 1.19 bits per heavy atom. The lowest BCUT2D eigenvalue weighted by atomic mass is 10.0. The van der Waals surface area contributed by atoms with Crippen molar-refractivity contribution in [1.82, 2.24) is 10.2 Å². The number of likely N-dealkylation sites (tertiary alicyclic amines) is 1. The summed E-state index contributed by atoms with van der Waals surface area (Å²) < 4.78 is 18.3. The zero-order valence-corrected chi connectivity index (χ0v) is 15.7. The van der Waals surface area contributed by atoms with E-state index in [1.165, 1.54) is 34.1 Å². The quantitative estimate of drug-likeness (QED) is 0.817. The molecule has 8 heteroatoms. The molecule has 0 unspecified atom stereocenters. The van der Waals surface area contributed by atoms with E-state index < -0.39 is 17.7 Å². The van der Waals surface area contributed by atoms with Gasteiger partial charge in [-0.3, -0.25) is 9.59 Å². The molecule has 3 amide bonds. The van der Waals surface area contributed by atoms with E-state index >= 15 is 0 Å². The fraction of sp³-hybridized carbons (Fsp3) is 0.526. The van der Waals surface area contributed by atoms with Gasteiger partial charge >= 0.3 is 6.09 Å². The lowest BCUT2D eigenvalue weighted by Crippen LogP contribution is -2.64. The minimum atomic E-state index is -0.585. The van der Waals surface area contributed by atoms with Crippen LogP contribution in [-0.2, 0) is 14.3 Å². The predicted molar refractivity (Wildman–Crippen MR) is 96.6 cm³/mol. The molecule has 0 saturated carbocycles. The first-order valence-electron chi connectivity index (χ1n) is 8.99. The molecule has 0 radical (unpaired) electrons. The topological polar surface area (TPSA) is 79.0 Å². The van der Waals surface area contributed by atoms with E-state index in [-0.39, 0.29) is 30.1 Å². The van der Waals surface area contributed by atoms with E-state index in [4.69, 9.17) is 4.74 Å². The fourth-order valence-electron chi connectivity index (χ4n) is 3.14. The second-order valence-electron chi connectivity index (χ2n) is 7.90. The van der Waals surface area contributed by atoms with Crippen LogP contribution >= 0.6 is 0 Å². The highest BCUT2D eigenvalue weighted by Crippen LogP contribution is 2.24. The van der Waals surface area contributed by atoms with Gasteiger partial charge in [-0.15, -0.1) is 0 Å². The van der Waals surface area contributed by atoms with Gasteiger partial charge in [0.1, 0.15) is 17.5 Å². The summed E-state index contributed by atoms with van der Waals surface area (Å²) in [5.74, 6) is -1.19. The Morgan fingerprint density at radius 2 is 1.85 bits per heavy atom. The second kappa shape index (κ2) is 7.17. The molecule has 7 nitrogen and oxygen atoms in total. The molecule has 2 aliphatic rings. The number of amides is 3. The zero-order valence-electron chi connectivity index (χ0n) is 15.7. The van der Waals surface area contributed by atoms with Crippen molar-refractivity contribution in [3.8, 4) is 0 Å². The van der Waals surface area contributed by atoms with Crippen LogP contribution in [0, 0.1) is 11.7 Å². The van der Waals surface area contributed by atoms with Crippen LogP contribution in [0.3, 0.4) is 0 Å². The number of halogens is 1. The van der Waals surface area contributed by atoms with Crippen LogP contribution < -0.4 is 10.2 Å². The lowest BCUT2D eigenvalue weighted by Gasteiger charge is -2.39. The molecule has 0 aromatic heterocycles. The van der Waals surface area contributed by atoms with Crippen LogP contribution in [-0.4, -0.2) is 54.1 Å². The van der Waals surface area contributed by atoms with Crippen molar-refractivity contribution in [1.29, 1.82) is 0 Å². The molecule has 1 N–H and O–H groups in total. The smallest absolute Gasteiger partial charge is 0.410 e. The van der Waals surface area contributed by atoms with Gasteiger partial charge < -0.3 is 19.9 Å². The van der Waals surface area contributed by atoms with Crippen molar-refractivity contribution >= 4 is 23.6 Å². The van der Waals surface area contributed by atoms with Crippen LogP contribution in [0.2, 0.25) is 0 Å². The lowest BCUT2D eigenvalue weighted by molar-refractivity contribution is -0.132. The summed E-state index contributed by atoms with van der Waals surface area (Å²) in [7, 11) is 0. The predicted octanol–water partition coefficient (Wildman–Crippen LogP) is 1.91. The van der Waals surface area contributed by atoms with E-state index in [0.29, 0.717) is 25.2 Å². The third-order valence-corrected chi connectivity index (χ3v) is 4.59. The standard InChI is InChI=1S/C19H24FN3O4/c1-19(2,3)27-18(26)22-9-8-12(10-22)16(24)21-15-11-23(17(15)25)14-6-4-13(20)5-7-14/h4-7,12,15H,8-11H2,1-3H3,(H,21,24)/t12-,15-/m1/s1. The van der Waals surface area contributed by atoms with Crippen molar-refractivity contribution in [3.05, 3.63) is 30.1 Å². The van der Waals surface area contributed by atoms with Crippen molar-refractivity contribution in [3.63, 3.8) is 0 Å². The maximum absolute atomic E-state index is 13.0. The van der Waals surface area contributed by atoms with E-state index in [9.17, 15) is 18.8 Å². The van der Waals surface area contributed by atoms with Crippen LogP contribution in [0.5, 0.6) is 0 Å². The SMILES string of the molecule is CC(C)(C)OC(=O)N1CC[C@@H](C(=O)N[C@@H]2CN(c3ccc(F)cc3)C2=O)C1. The summed E-state index contributed by atoms with van der Waals surface area (Å²) in [5.41, 5.74) is 0.0171. The number of carbonyl (C=O) groups excluding carboxylic acids is 3. The number of benzene rings is 1. The van der Waals surface area contributed by atoms with Gasteiger partial charge in [-0.05, 0) is 51.5 Å². The number of rotatable bonds is 3. The van der Waals surface area contributed by atoms with E-state index in [2.05, 4.69) is 5.32 Å². The van der Waals surface area contributed by atoms with Crippen LogP contribution in [0.25, 0.3) is 0 Å². The molecule has 2 fully saturated rings. The number of nitrogens with zero attached hydrogens (tertiary/aromatic N) is 2. The van der Waals surface area contributed by atoms with Crippen LogP contribution in [0.15, 0.2) is 24.3 Å². The van der Waals surface area contributed by atoms with E-state index in [1.807, 2.05) is 0 Å². The van der Waals surface area contributed by atoms with Crippen LogP contribution in [0.4, 0.5) is 14.9 Å². The first-order valence-corrected chi connectivity index (χ1v) is 8.99. The molecule has 2 aliphatic heterocycles. The van der Waals surface area contributed by atoms with Gasteiger partial charge in [-0.2, -0.15) is 0 Å². The highest BCUT2D eigenvalue weighted by atomic mass is 19.1. The molecule has 146 valence electrons. The largest absolute Gasteiger partial charge is 0.444 e. The van der Waals surface area contributed by atoms with Crippen LogP contribution in [0.1, 0.15) is 27.2 Å². The van der Waals surface area contributed by atoms with Crippen molar-refractivity contribution in [2.75, 3.05) is 24.5 Å². The van der Waals surface area contributed by atoms with Gasteiger partial charge in [0.05, 0.1) is 12.5 Å². The summed E-state index contributed by atoms with van der Waals surface area (Å²) >= 11 is 0. The second-order valence-corrected chi connectivity index (χ2v) is 7.90. The fourth-order valence-corrected chi connectivity index (χ4v) is 3.14. The summed E-state index contributed by atoms with van der Waals surface area (Å²) in [6.07, 6.45) is 0.105. The Balaban J connectivity index is 1.48. The monoisotopic (exact) mass is 377 g/mol. The summed E-state index contributed by atoms with van der Waals surface area (Å²) in [5, 5.41) is 2.74. The number of carbonyl (C=O) groups is 3. The first-order chi connectivity index (χ1) is 12.6. The first kappa shape index (κ1) is 19.1. The number of anilines is 1. The molecule has 0 bridgehead atoms. The summed E-state index contributed by atoms with van der Waals surface area (Å²) in [6.45, 7) is 6.45. The summed E-state index contributed by atoms with van der Waals surface area (Å²) in [4.78, 5) is 39.8. The third-order valence-electron chi connectivity index (χ3n) is 4.59. The zero-order chi connectivity index (χ0) is 19.8. The number of ether oxygens (including phenoxy) is 1. The molecule has 0 spiro atoms. The van der Waals surface area contributed by atoms with Gasteiger partial charge in [0.2, 0.25) is 5.91 Å². The Labute approximate surface area is 157 Å². The van der Waals surface area contributed by atoms with E-state index in [1.54, 1.807) is 20.8 Å². The summed E-state index contributed by atoms with van der Waals surface area (Å²) in [6, 6.07) is 5.05. The molecule has 27 heavy (non-hydrogen) atoms. The van der Waals surface area contributed by atoms with Gasteiger partial charge in [0.25, 0.3) is 5.91 Å². The molecule has 1 aromatic carbocycles. The Bertz CT molecular complexity index is 744. The van der Waals surface area contributed by atoms with Gasteiger partial charge in [-0.25, -0.2) is 9.18 Å². The maximum Gasteiger partial charge on any atom is 0.410 e. The number of hydrogen-bond donors (Lipinski definition) is 1. The number of nitrogens with one attached hydrogen (secondary N) is 1. The molecule has 1 aromatic rings. The number of β-lactam (4-membered cyclic amide) rings is 1. The minimum absolute atomic E-state index is 0.225. The molecule has 2 heterocycles. The molecule has 2 atom stereocenters. The molecule has 2 saturated heterocycles. The molecule has 3 rings (SSSR count). The Morgan fingerprint density at radius 3 is 2.44 bits per heavy atom. The Kier molecular flexibility index (Phi) is 5.08.